The first-order chi connectivity index (χ1) is 8.50. The number of alkyl halides is 3. The molecule has 0 aromatic heterocycles. The van der Waals surface area contributed by atoms with Gasteiger partial charge in [-0.25, -0.2) is 4.79 Å². The number of hydrogen-bond donors (Lipinski definition) is 1. The molecule has 0 aliphatic heterocycles. The third kappa shape index (κ3) is 5.67. The second-order valence-corrected chi connectivity index (χ2v) is 3.65. The smallest absolute Gasteiger partial charge is 0.459 e. The van der Waals surface area contributed by atoms with Crippen molar-refractivity contribution in [3.05, 3.63) is 35.9 Å². The van der Waals surface area contributed by atoms with Crippen LogP contribution in [0.3, 0.4) is 0 Å². The number of carbonyl (C=O) groups is 1. The fourth-order valence-corrected chi connectivity index (χ4v) is 1.27. The lowest BCUT2D eigenvalue weighted by molar-refractivity contribution is -0.199. The van der Waals surface area contributed by atoms with Gasteiger partial charge >= 0.3 is 12.1 Å². The Kier molecular flexibility index (Phi) is 5.64. The van der Waals surface area contributed by atoms with Gasteiger partial charge < -0.3 is 10.1 Å². The van der Waals surface area contributed by atoms with E-state index in [1.807, 2.05) is 30.3 Å². The van der Waals surface area contributed by atoms with Gasteiger partial charge in [-0.15, -0.1) is 0 Å². The van der Waals surface area contributed by atoms with Gasteiger partial charge in [0.15, 0.2) is 0 Å². The summed E-state index contributed by atoms with van der Waals surface area (Å²) in [5.74, 6) is -2.13. The van der Waals surface area contributed by atoms with Crippen LogP contribution in [0, 0.1) is 0 Å². The predicted octanol–water partition coefficient (Wildman–Crippen LogP) is 2.27. The molecule has 0 spiro atoms. The SMILES string of the molecule is O=C(OCCCNCc1ccccc1)C(F)(F)F. The summed E-state index contributed by atoms with van der Waals surface area (Å²) in [6.45, 7) is 0.883. The minimum atomic E-state index is -4.91. The normalized spacial score (nSPS) is 11.3. The second-order valence-electron chi connectivity index (χ2n) is 3.65. The Hall–Kier alpha value is -1.56. The molecule has 0 saturated carbocycles. The molecule has 6 heteroatoms. The lowest BCUT2D eigenvalue weighted by Gasteiger charge is -2.07. The van der Waals surface area contributed by atoms with Crippen molar-refractivity contribution in [1.82, 2.24) is 5.32 Å². The fraction of sp³-hybridized carbons (Fsp3) is 0.417. The predicted molar refractivity (Wildman–Crippen MR) is 59.8 cm³/mol. The zero-order valence-electron chi connectivity index (χ0n) is 9.67. The summed E-state index contributed by atoms with van der Waals surface area (Å²) in [6.07, 6.45) is -4.56. The molecule has 0 aliphatic carbocycles. The lowest BCUT2D eigenvalue weighted by Crippen LogP contribution is -2.26. The maximum Gasteiger partial charge on any atom is 0.490 e. The van der Waals surface area contributed by atoms with Crippen molar-refractivity contribution in [1.29, 1.82) is 0 Å². The van der Waals surface area contributed by atoms with Crippen molar-refractivity contribution in [2.45, 2.75) is 19.1 Å². The molecule has 0 radical (unpaired) electrons. The van der Waals surface area contributed by atoms with Crippen LogP contribution in [0.25, 0.3) is 0 Å². The first kappa shape index (κ1) is 14.5. The number of hydrogen-bond acceptors (Lipinski definition) is 3. The fourth-order valence-electron chi connectivity index (χ4n) is 1.27. The summed E-state index contributed by atoms with van der Waals surface area (Å²) in [6, 6.07) is 9.59. The molecule has 1 aromatic carbocycles. The van der Waals surface area contributed by atoms with Crippen molar-refractivity contribution in [2.75, 3.05) is 13.2 Å². The monoisotopic (exact) mass is 261 g/mol. The van der Waals surface area contributed by atoms with Crippen molar-refractivity contribution >= 4 is 5.97 Å². The maximum absolute atomic E-state index is 11.8. The van der Waals surface area contributed by atoms with Crippen molar-refractivity contribution in [3.8, 4) is 0 Å². The van der Waals surface area contributed by atoms with E-state index in [0.717, 1.165) is 5.56 Å². The molecule has 100 valence electrons. The van der Waals surface area contributed by atoms with Gasteiger partial charge in [-0.05, 0) is 18.5 Å². The molecule has 0 aliphatic rings. The molecule has 0 heterocycles. The molecule has 1 N–H and O–H groups in total. The highest BCUT2D eigenvalue weighted by molar-refractivity contribution is 5.75. The van der Waals surface area contributed by atoms with Crippen molar-refractivity contribution in [3.63, 3.8) is 0 Å². The van der Waals surface area contributed by atoms with Gasteiger partial charge in [0.25, 0.3) is 0 Å². The van der Waals surface area contributed by atoms with Crippen LogP contribution in [0.5, 0.6) is 0 Å². The Morgan fingerprint density at radius 1 is 1.22 bits per heavy atom. The van der Waals surface area contributed by atoms with Crippen molar-refractivity contribution in [2.24, 2.45) is 0 Å². The Morgan fingerprint density at radius 3 is 2.50 bits per heavy atom. The van der Waals surface area contributed by atoms with Crippen LogP contribution in [0.15, 0.2) is 30.3 Å². The van der Waals surface area contributed by atoms with Crippen molar-refractivity contribution < 1.29 is 22.7 Å². The van der Waals surface area contributed by atoms with Crippen LogP contribution < -0.4 is 5.32 Å². The van der Waals surface area contributed by atoms with E-state index in [2.05, 4.69) is 10.1 Å². The molecule has 0 atom stereocenters. The van der Waals surface area contributed by atoms with Gasteiger partial charge in [0.2, 0.25) is 0 Å². The highest BCUT2D eigenvalue weighted by Gasteiger charge is 2.40. The first-order valence-corrected chi connectivity index (χ1v) is 5.49. The molecular weight excluding hydrogens is 247 g/mol. The number of carbonyl (C=O) groups excluding carboxylic acids is 1. The average Bonchev–Trinajstić information content (AvgIpc) is 2.33. The molecule has 0 saturated heterocycles. The highest BCUT2D eigenvalue weighted by atomic mass is 19.4. The summed E-state index contributed by atoms with van der Waals surface area (Å²) in [4.78, 5) is 10.4. The summed E-state index contributed by atoms with van der Waals surface area (Å²) in [5, 5.41) is 3.04. The number of esters is 1. The molecule has 0 unspecified atom stereocenters. The third-order valence-electron chi connectivity index (χ3n) is 2.13. The summed E-state index contributed by atoms with van der Waals surface area (Å²) < 4.78 is 39.3. The molecule has 0 amide bonds. The Labute approximate surface area is 103 Å². The average molecular weight is 261 g/mol. The molecule has 1 rings (SSSR count). The van der Waals surface area contributed by atoms with Crippen LogP contribution in [-0.2, 0) is 16.1 Å². The number of nitrogens with one attached hydrogen (secondary N) is 1. The van der Waals surface area contributed by atoms with E-state index in [1.165, 1.54) is 0 Å². The molecule has 0 bridgehead atoms. The zero-order valence-corrected chi connectivity index (χ0v) is 9.67. The summed E-state index contributed by atoms with van der Waals surface area (Å²) in [5.41, 5.74) is 1.09. The van der Waals surface area contributed by atoms with E-state index < -0.39 is 12.1 Å². The minimum Gasteiger partial charge on any atom is -0.459 e. The first-order valence-electron chi connectivity index (χ1n) is 5.49. The van der Waals surface area contributed by atoms with E-state index in [-0.39, 0.29) is 6.61 Å². The van der Waals surface area contributed by atoms with Crippen LogP contribution >= 0.6 is 0 Å². The topological polar surface area (TPSA) is 38.3 Å². The van der Waals surface area contributed by atoms with E-state index in [0.29, 0.717) is 19.5 Å². The number of benzene rings is 1. The van der Waals surface area contributed by atoms with E-state index >= 15 is 0 Å². The van der Waals surface area contributed by atoms with E-state index in [4.69, 9.17) is 0 Å². The molecule has 0 fully saturated rings. The van der Waals surface area contributed by atoms with Gasteiger partial charge in [-0.2, -0.15) is 13.2 Å². The van der Waals surface area contributed by atoms with Crippen LogP contribution in [0.1, 0.15) is 12.0 Å². The second kappa shape index (κ2) is 7.00. The highest BCUT2D eigenvalue weighted by Crippen LogP contribution is 2.16. The largest absolute Gasteiger partial charge is 0.490 e. The van der Waals surface area contributed by atoms with Crippen LogP contribution in [0.4, 0.5) is 13.2 Å². The van der Waals surface area contributed by atoms with E-state index in [9.17, 15) is 18.0 Å². The maximum atomic E-state index is 11.8. The number of ether oxygens (including phenoxy) is 1. The zero-order chi connectivity index (χ0) is 13.4. The Morgan fingerprint density at radius 2 is 1.89 bits per heavy atom. The summed E-state index contributed by atoms with van der Waals surface area (Å²) >= 11 is 0. The number of halogens is 3. The quantitative estimate of drug-likeness (QED) is 0.630. The molecular formula is C12H14F3NO2. The lowest BCUT2D eigenvalue weighted by atomic mass is 10.2. The van der Waals surface area contributed by atoms with Crippen LogP contribution in [-0.4, -0.2) is 25.3 Å². The van der Waals surface area contributed by atoms with Gasteiger partial charge in [-0.1, -0.05) is 30.3 Å². The van der Waals surface area contributed by atoms with Crippen LogP contribution in [0.2, 0.25) is 0 Å². The van der Waals surface area contributed by atoms with Gasteiger partial charge in [0.1, 0.15) is 0 Å². The minimum absolute atomic E-state index is 0.236. The standard InChI is InChI=1S/C12H14F3NO2/c13-12(14,15)11(17)18-8-4-7-16-9-10-5-2-1-3-6-10/h1-3,5-6,16H,4,7-9H2. The van der Waals surface area contributed by atoms with Gasteiger partial charge in [-0.3, -0.25) is 0 Å². The number of rotatable bonds is 6. The van der Waals surface area contributed by atoms with Gasteiger partial charge in [0.05, 0.1) is 6.61 Å². The molecule has 1 aromatic rings. The molecule has 18 heavy (non-hydrogen) atoms. The van der Waals surface area contributed by atoms with E-state index in [1.54, 1.807) is 0 Å². The third-order valence-corrected chi connectivity index (χ3v) is 2.13. The summed E-state index contributed by atoms with van der Waals surface area (Å²) in [7, 11) is 0. The Bertz CT molecular complexity index is 365. The molecule has 3 nitrogen and oxygen atoms in total. The Balaban J connectivity index is 2.05. The van der Waals surface area contributed by atoms with Gasteiger partial charge in [0, 0.05) is 6.54 Å².